The average Bonchev–Trinajstić information content (AvgIpc) is 2.10. The molecule has 0 amide bonds. The first-order chi connectivity index (χ1) is 4.61. The summed E-state index contributed by atoms with van der Waals surface area (Å²) in [5.41, 5.74) is 7.74. The van der Waals surface area contributed by atoms with E-state index in [1.807, 2.05) is 19.3 Å². The molecule has 0 aliphatic carbocycles. The van der Waals surface area contributed by atoms with Crippen molar-refractivity contribution in [2.45, 2.75) is 19.8 Å². The first-order valence-electron chi connectivity index (χ1n) is 3.53. The lowest BCUT2D eigenvalue weighted by atomic mass is 10.1. The van der Waals surface area contributed by atoms with Gasteiger partial charge in [-0.3, -0.25) is 0 Å². The highest BCUT2D eigenvalue weighted by atomic mass is 14.9. The Morgan fingerprint density at radius 3 is 2.30 bits per heavy atom. The highest BCUT2D eigenvalue weighted by Crippen LogP contribution is 2.17. The van der Waals surface area contributed by atoms with Crippen LogP contribution in [0.4, 0.5) is 5.69 Å². The number of aromatic nitrogens is 1. The minimum Gasteiger partial charge on any atom is -0.397 e. The van der Waals surface area contributed by atoms with Gasteiger partial charge in [-0.05, 0) is 12.0 Å². The van der Waals surface area contributed by atoms with Gasteiger partial charge >= 0.3 is 0 Å². The molecule has 0 unspecified atom stereocenters. The van der Waals surface area contributed by atoms with Gasteiger partial charge in [0.1, 0.15) is 0 Å². The highest BCUT2D eigenvalue weighted by Gasteiger charge is 2.03. The quantitative estimate of drug-likeness (QED) is 0.629. The summed E-state index contributed by atoms with van der Waals surface area (Å²) in [6.07, 6.45) is 1.94. The zero-order chi connectivity index (χ0) is 7.72. The van der Waals surface area contributed by atoms with Crippen molar-refractivity contribution in [2.75, 3.05) is 5.73 Å². The molecule has 0 aliphatic heterocycles. The number of hydrogen-bond donors (Lipinski definition) is 1. The zero-order valence-corrected chi connectivity index (χ0v) is 6.76. The van der Waals surface area contributed by atoms with Gasteiger partial charge in [0.15, 0.2) is 0 Å². The van der Waals surface area contributed by atoms with E-state index in [1.165, 1.54) is 5.69 Å². The summed E-state index contributed by atoms with van der Waals surface area (Å²) in [5.74, 6) is 0.558. The third-order valence-electron chi connectivity index (χ3n) is 1.66. The van der Waals surface area contributed by atoms with E-state index >= 15 is 0 Å². The van der Waals surface area contributed by atoms with E-state index in [0.717, 1.165) is 5.69 Å². The summed E-state index contributed by atoms with van der Waals surface area (Å²) < 4.78 is 2.07. The number of aryl methyl sites for hydroxylation is 1. The van der Waals surface area contributed by atoms with Gasteiger partial charge in [-0.15, -0.1) is 0 Å². The molecule has 1 aromatic heterocycles. The molecule has 1 aromatic rings. The number of rotatable bonds is 1. The van der Waals surface area contributed by atoms with Gasteiger partial charge in [-0.1, -0.05) is 13.8 Å². The van der Waals surface area contributed by atoms with Gasteiger partial charge in [0.05, 0.1) is 0 Å². The predicted octanol–water partition coefficient (Wildman–Crippen LogP) is 1.73. The van der Waals surface area contributed by atoms with Gasteiger partial charge in [0, 0.05) is 24.6 Å². The van der Waals surface area contributed by atoms with Crippen LogP contribution in [0.25, 0.3) is 0 Å². The van der Waals surface area contributed by atoms with Crippen molar-refractivity contribution in [1.82, 2.24) is 4.57 Å². The van der Waals surface area contributed by atoms with Crippen LogP contribution in [0.1, 0.15) is 25.5 Å². The molecule has 0 aliphatic rings. The molecule has 0 spiro atoms. The van der Waals surface area contributed by atoms with E-state index in [9.17, 15) is 0 Å². The van der Waals surface area contributed by atoms with Gasteiger partial charge in [-0.2, -0.15) is 0 Å². The maximum absolute atomic E-state index is 5.60. The van der Waals surface area contributed by atoms with Crippen LogP contribution in [-0.2, 0) is 7.05 Å². The Morgan fingerprint density at radius 2 is 2.10 bits per heavy atom. The minimum absolute atomic E-state index is 0.558. The number of nitrogens with zero attached hydrogens (tertiary/aromatic N) is 1. The average molecular weight is 138 g/mol. The van der Waals surface area contributed by atoms with Gasteiger partial charge < -0.3 is 10.3 Å². The van der Waals surface area contributed by atoms with E-state index in [4.69, 9.17) is 5.73 Å². The largest absolute Gasteiger partial charge is 0.397 e. The fourth-order valence-electron chi connectivity index (χ4n) is 1.18. The summed E-state index contributed by atoms with van der Waals surface area (Å²) in [4.78, 5) is 0. The van der Waals surface area contributed by atoms with Crippen LogP contribution < -0.4 is 5.73 Å². The third kappa shape index (κ3) is 1.15. The second-order valence-electron chi connectivity index (χ2n) is 2.96. The van der Waals surface area contributed by atoms with Crippen LogP contribution in [-0.4, -0.2) is 4.57 Å². The molecule has 0 aromatic carbocycles. The standard InChI is InChI=1S/C8H14N2/c1-6(2)8-4-7(9)5-10(8)3/h4-6H,9H2,1-3H3. The zero-order valence-electron chi connectivity index (χ0n) is 6.76. The number of nitrogens with two attached hydrogens (primary N) is 1. The van der Waals surface area contributed by atoms with Crippen molar-refractivity contribution in [3.8, 4) is 0 Å². The molecule has 2 N–H and O–H groups in total. The Balaban J connectivity index is 3.03. The van der Waals surface area contributed by atoms with Crippen molar-refractivity contribution >= 4 is 5.69 Å². The van der Waals surface area contributed by atoms with E-state index in [2.05, 4.69) is 18.4 Å². The molecule has 56 valence electrons. The van der Waals surface area contributed by atoms with Crippen LogP contribution in [0.15, 0.2) is 12.3 Å². The van der Waals surface area contributed by atoms with E-state index in [-0.39, 0.29) is 0 Å². The molecule has 0 saturated heterocycles. The topological polar surface area (TPSA) is 30.9 Å². The van der Waals surface area contributed by atoms with Crippen LogP contribution in [0.3, 0.4) is 0 Å². The van der Waals surface area contributed by atoms with Crippen molar-refractivity contribution in [2.24, 2.45) is 7.05 Å². The second-order valence-corrected chi connectivity index (χ2v) is 2.96. The first-order valence-corrected chi connectivity index (χ1v) is 3.53. The summed E-state index contributed by atoms with van der Waals surface area (Å²) in [6.45, 7) is 4.32. The molecule has 1 rings (SSSR count). The summed E-state index contributed by atoms with van der Waals surface area (Å²) in [7, 11) is 2.02. The fraction of sp³-hybridized carbons (Fsp3) is 0.500. The molecule has 10 heavy (non-hydrogen) atoms. The Hall–Kier alpha value is -0.920. The lowest BCUT2D eigenvalue weighted by Crippen LogP contribution is -1.95. The molecule has 2 heteroatoms. The van der Waals surface area contributed by atoms with Crippen molar-refractivity contribution in [3.63, 3.8) is 0 Å². The van der Waals surface area contributed by atoms with Crippen LogP contribution in [0, 0.1) is 0 Å². The Kier molecular flexibility index (Phi) is 1.70. The first kappa shape index (κ1) is 7.19. The molecule has 0 radical (unpaired) electrons. The van der Waals surface area contributed by atoms with E-state index < -0.39 is 0 Å². The molecule has 0 atom stereocenters. The molecule has 0 fully saturated rings. The van der Waals surface area contributed by atoms with Gasteiger partial charge in [0.25, 0.3) is 0 Å². The maximum atomic E-state index is 5.60. The summed E-state index contributed by atoms with van der Waals surface area (Å²) in [5, 5.41) is 0. The smallest absolute Gasteiger partial charge is 0.0496 e. The van der Waals surface area contributed by atoms with Gasteiger partial charge in [-0.25, -0.2) is 0 Å². The van der Waals surface area contributed by atoms with Crippen molar-refractivity contribution in [1.29, 1.82) is 0 Å². The second kappa shape index (κ2) is 2.37. The van der Waals surface area contributed by atoms with E-state index in [1.54, 1.807) is 0 Å². The SMILES string of the molecule is CC(C)c1cc(N)cn1C. The van der Waals surface area contributed by atoms with Crippen LogP contribution in [0.2, 0.25) is 0 Å². The molecular formula is C8H14N2. The fourth-order valence-corrected chi connectivity index (χ4v) is 1.18. The Morgan fingerprint density at radius 1 is 1.50 bits per heavy atom. The minimum atomic E-state index is 0.558. The van der Waals surface area contributed by atoms with Crippen LogP contribution >= 0.6 is 0 Å². The van der Waals surface area contributed by atoms with Gasteiger partial charge in [0.2, 0.25) is 0 Å². The Bertz CT molecular complexity index is 223. The third-order valence-corrected chi connectivity index (χ3v) is 1.66. The summed E-state index contributed by atoms with van der Waals surface area (Å²) >= 11 is 0. The number of anilines is 1. The molecule has 0 bridgehead atoms. The molecule has 0 saturated carbocycles. The van der Waals surface area contributed by atoms with Crippen LogP contribution in [0.5, 0.6) is 0 Å². The highest BCUT2D eigenvalue weighted by molar-refractivity contribution is 5.39. The van der Waals surface area contributed by atoms with E-state index in [0.29, 0.717) is 5.92 Å². The Labute approximate surface area is 61.7 Å². The van der Waals surface area contributed by atoms with Crippen molar-refractivity contribution < 1.29 is 0 Å². The normalized spacial score (nSPS) is 10.8. The predicted molar refractivity (Wildman–Crippen MR) is 43.9 cm³/mol. The number of nitrogen functional groups attached to an aromatic ring is 1. The number of hydrogen-bond acceptors (Lipinski definition) is 1. The molecule has 1 heterocycles. The molecule has 2 nitrogen and oxygen atoms in total. The van der Waals surface area contributed by atoms with Crippen molar-refractivity contribution in [3.05, 3.63) is 18.0 Å². The summed E-state index contributed by atoms with van der Waals surface area (Å²) in [6, 6.07) is 2.02. The maximum Gasteiger partial charge on any atom is 0.0496 e. The lowest BCUT2D eigenvalue weighted by molar-refractivity contribution is 0.741. The molecular weight excluding hydrogens is 124 g/mol. The monoisotopic (exact) mass is 138 g/mol. The lowest BCUT2D eigenvalue weighted by Gasteiger charge is -2.04.